The zero-order chi connectivity index (χ0) is 19.8. The van der Waals surface area contributed by atoms with E-state index in [-0.39, 0.29) is 41.8 Å². The van der Waals surface area contributed by atoms with Crippen molar-refractivity contribution in [2.24, 2.45) is 5.92 Å². The summed E-state index contributed by atoms with van der Waals surface area (Å²) in [5.74, 6) is -0.488. The van der Waals surface area contributed by atoms with Crippen molar-refractivity contribution < 1.29 is 22.8 Å². The average molecular weight is 400 g/mol. The second-order valence-corrected chi connectivity index (χ2v) is 10.7. The number of rotatable bonds is 5. The Balaban J connectivity index is 1.73. The molecule has 3 fully saturated rings. The minimum atomic E-state index is -3.13. The summed E-state index contributed by atoms with van der Waals surface area (Å²) in [6.45, 7) is 3.99. The molecule has 2 saturated heterocycles. The molecule has 1 saturated carbocycles. The van der Waals surface area contributed by atoms with Crippen molar-refractivity contribution in [1.29, 1.82) is 0 Å². The van der Waals surface area contributed by atoms with Gasteiger partial charge in [-0.1, -0.05) is 33.1 Å². The summed E-state index contributed by atoms with van der Waals surface area (Å²) < 4.78 is 23.7. The van der Waals surface area contributed by atoms with Crippen LogP contribution in [0, 0.1) is 5.92 Å². The smallest absolute Gasteiger partial charge is 0.325 e. The largest absolute Gasteiger partial charge is 0.337 e. The molecule has 1 aliphatic carbocycles. The average Bonchev–Trinajstić information content (AvgIpc) is 3.05. The van der Waals surface area contributed by atoms with E-state index in [0.29, 0.717) is 25.8 Å². The number of urea groups is 1. The lowest BCUT2D eigenvalue weighted by molar-refractivity contribution is -0.140. The first-order chi connectivity index (χ1) is 12.6. The summed E-state index contributed by atoms with van der Waals surface area (Å²) >= 11 is 0. The van der Waals surface area contributed by atoms with E-state index in [4.69, 9.17) is 0 Å². The predicted molar refractivity (Wildman–Crippen MR) is 99.7 cm³/mol. The minimum absolute atomic E-state index is 0.0461. The molecule has 0 radical (unpaired) electrons. The zero-order valence-electron chi connectivity index (χ0n) is 16.1. The number of carbonyl (C=O) groups excluding carboxylic acids is 3. The molecule has 0 aromatic carbocycles. The quantitative estimate of drug-likeness (QED) is 0.692. The molecule has 2 heterocycles. The van der Waals surface area contributed by atoms with Gasteiger partial charge in [0, 0.05) is 12.6 Å². The van der Waals surface area contributed by atoms with Crippen molar-refractivity contribution in [2.75, 3.05) is 24.6 Å². The fourth-order valence-electron chi connectivity index (χ4n) is 4.41. The third kappa shape index (κ3) is 4.12. The highest BCUT2D eigenvalue weighted by atomic mass is 32.2. The van der Waals surface area contributed by atoms with Gasteiger partial charge in [0.05, 0.1) is 11.5 Å². The maximum Gasteiger partial charge on any atom is 0.325 e. The topological polar surface area (TPSA) is 104 Å². The summed E-state index contributed by atoms with van der Waals surface area (Å²) in [6, 6.07) is -0.895. The number of sulfone groups is 1. The first-order valence-corrected chi connectivity index (χ1v) is 11.6. The predicted octanol–water partition coefficient (Wildman–Crippen LogP) is 0.913. The Labute approximate surface area is 160 Å². The van der Waals surface area contributed by atoms with Gasteiger partial charge in [-0.15, -0.1) is 0 Å². The van der Waals surface area contributed by atoms with Crippen LogP contribution in [0.3, 0.4) is 0 Å². The second kappa shape index (κ2) is 7.41. The van der Waals surface area contributed by atoms with Gasteiger partial charge in [0.1, 0.15) is 12.1 Å². The molecule has 1 spiro atoms. The van der Waals surface area contributed by atoms with Crippen molar-refractivity contribution in [3.05, 3.63) is 0 Å². The molecule has 0 bridgehead atoms. The van der Waals surface area contributed by atoms with Crippen LogP contribution in [0.5, 0.6) is 0 Å². The van der Waals surface area contributed by atoms with Crippen molar-refractivity contribution in [3.8, 4) is 0 Å². The first kappa shape index (κ1) is 20.1. The number of carbonyl (C=O) groups is 3. The Morgan fingerprint density at radius 1 is 1.26 bits per heavy atom. The Kier molecular flexibility index (Phi) is 5.52. The lowest BCUT2D eigenvalue weighted by Crippen LogP contribution is -2.50. The van der Waals surface area contributed by atoms with Crippen LogP contribution in [0.25, 0.3) is 0 Å². The van der Waals surface area contributed by atoms with Gasteiger partial charge >= 0.3 is 6.03 Å². The second-order valence-electron chi connectivity index (χ2n) is 8.46. The van der Waals surface area contributed by atoms with E-state index in [2.05, 4.69) is 5.32 Å². The molecule has 3 rings (SSSR count). The molecule has 0 aromatic heterocycles. The highest BCUT2D eigenvalue weighted by Crippen LogP contribution is 2.33. The number of hydrogen-bond donors (Lipinski definition) is 1. The van der Waals surface area contributed by atoms with Crippen LogP contribution in [0.4, 0.5) is 4.79 Å². The van der Waals surface area contributed by atoms with Crippen LogP contribution in [0.2, 0.25) is 0 Å². The molecular weight excluding hydrogens is 370 g/mol. The molecule has 27 heavy (non-hydrogen) atoms. The highest BCUT2D eigenvalue weighted by molar-refractivity contribution is 7.91. The first-order valence-electron chi connectivity index (χ1n) is 9.77. The van der Waals surface area contributed by atoms with Gasteiger partial charge < -0.3 is 10.2 Å². The Morgan fingerprint density at radius 2 is 1.93 bits per heavy atom. The van der Waals surface area contributed by atoms with Crippen LogP contribution >= 0.6 is 0 Å². The molecule has 8 nitrogen and oxygen atoms in total. The van der Waals surface area contributed by atoms with Crippen molar-refractivity contribution in [2.45, 2.75) is 64.0 Å². The number of imide groups is 1. The molecule has 1 atom stereocenters. The summed E-state index contributed by atoms with van der Waals surface area (Å²) in [7, 11) is -3.13. The molecule has 2 aliphatic heterocycles. The van der Waals surface area contributed by atoms with E-state index in [1.165, 1.54) is 0 Å². The van der Waals surface area contributed by atoms with Crippen LogP contribution < -0.4 is 5.32 Å². The summed E-state index contributed by atoms with van der Waals surface area (Å²) in [4.78, 5) is 40.8. The normalized spacial score (nSPS) is 26.6. The van der Waals surface area contributed by atoms with Gasteiger partial charge in [-0.2, -0.15) is 0 Å². The Bertz CT molecular complexity index is 727. The van der Waals surface area contributed by atoms with Crippen LogP contribution in [0.15, 0.2) is 0 Å². The maximum absolute atomic E-state index is 13.0. The van der Waals surface area contributed by atoms with Gasteiger partial charge in [0.15, 0.2) is 9.84 Å². The monoisotopic (exact) mass is 399 g/mol. The number of nitrogens with one attached hydrogen (secondary N) is 1. The molecule has 152 valence electrons. The third-order valence-electron chi connectivity index (χ3n) is 5.78. The van der Waals surface area contributed by atoms with Crippen LogP contribution in [-0.4, -0.2) is 72.2 Å². The molecule has 3 aliphatic rings. The molecular formula is C18H29N3O5S. The van der Waals surface area contributed by atoms with E-state index >= 15 is 0 Å². The van der Waals surface area contributed by atoms with Crippen LogP contribution in [0.1, 0.15) is 52.4 Å². The molecule has 0 aromatic rings. The number of hydrogen-bond acceptors (Lipinski definition) is 5. The standard InChI is InChI=1S/C18H29N3O5S/c1-13(2)10-20(14-6-9-27(25,26)12-14)15(22)11-21-16(23)18(19-17(21)24)7-4-3-5-8-18/h13-14H,3-12H2,1-2H3,(H,19,24)/t14-/m1/s1. The summed E-state index contributed by atoms with van der Waals surface area (Å²) in [5, 5.41) is 2.81. The Morgan fingerprint density at radius 3 is 2.48 bits per heavy atom. The van der Waals surface area contributed by atoms with Gasteiger partial charge in [-0.05, 0) is 25.2 Å². The zero-order valence-corrected chi connectivity index (χ0v) is 16.9. The SMILES string of the molecule is CC(C)CN(C(=O)CN1C(=O)NC2(CCCCC2)C1=O)[C@@H]1CCS(=O)(=O)C1. The molecule has 1 N–H and O–H groups in total. The molecule has 0 unspecified atom stereocenters. The lowest BCUT2D eigenvalue weighted by Gasteiger charge is -2.32. The fourth-order valence-corrected chi connectivity index (χ4v) is 6.14. The van der Waals surface area contributed by atoms with Crippen molar-refractivity contribution in [3.63, 3.8) is 0 Å². The number of amides is 4. The summed E-state index contributed by atoms with van der Waals surface area (Å²) in [5.41, 5.74) is -0.852. The van der Waals surface area contributed by atoms with Gasteiger partial charge in [-0.25, -0.2) is 13.2 Å². The van der Waals surface area contributed by atoms with Gasteiger partial charge in [-0.3, -0.25) is 14.5 Å². The lowest BCUT2D eigenvalue weighted by atomic mass is 9.82. The van der Waals surface area contributed by atoms with Gasteiger partial charge in [0.25, 0.3) is 5.91 Å². The van der Waals surface area contributed by atoms with E-state index in [1.807, 2.05) is 13.8 Å². The number of nitrogens with zero attached hydrogens (tertiary/aromatic N) is 2. The van der Waals surface area contributed by atoms with E-state index < -0.39 is 21.4 Å². The molecule has 4 amide bonds. The summed E-state index contributed by atoms with van der Waals surface area (Å²) in [6.07, 6.45) is 4.44. The fraction of sp³-hybridized carbons (Fsp3) is 0.833. The Hall–Kier alpha value is -1.64. The molecule has 9 heteroatoms. The van der Waals surface area contributed by atoms with E-state index in [1.54, 1.807) is 4.90 Å². The van der Waals surface area contributed by atoms with Crippen molar-refractivity contribution >= 4 is 27.7 Å². The van der Waals surface area contributed by atoms with Gasteiger partial charge in [0.2, 0.25) is 5.91 Å². The highest BCUT2D eigenvalue weighted by Gasteiger charge is 2.52. The maximum atomic E-state index is 13.0. The third-order valence-corrected chi connectivity index (χ3v) is 7.53. The van der Waals surface area contributed by atoms with E-state index in [9.17, 15) is 22.8 Å². The van der Waals surface area contributed by atoms with Crippen molar-refractivity contribution in [1.82, 2.24) is 15.1 Å². The van der Waals surface area contributed by atoms with Crippen LogP contribution in [-0.2, 0) is 19.4 Å². The minimum Gasteiger partial charge on any atom is -0.337 e. The van der Waals surface area contributed by atoms with E-state index in [0.717, 1.165) is 24.2 Å².